The fourth-order valence-electron chi connectivity index (χ4n) is 3.29. The van der Waals surface area contributed by atoms with E-state index in [2.05, 4.69) is 79.2 Å². The van der Waals surface area contributed by atoms with Crippen LogP contribution in [0.25, 0.3) is 0 Å². The number of likely N-dealkylation sites (tertiary alicyclic amines) is 1. The predicted molar refractivity (Wildman–Crippen MR) is 120 cm³/mol. The Hall–Kier alpha value is -1.64. The van der Waals surface area contributed by atoms with Crippen LogP contribution in [0.3, 0.4) is 0 Å². The Bertz CT molecular complexity index is 767. The first-order chi connectivity index (χ1) is 12.3. The number of aliphatic imine (C=N–C) groups is 1. The number of guanidine groups is 1. The van der Waals surface area contributed by atoms with Crippen LogP contribution in [-0.2, 0) is 13.1 Å². The van der Waals surface area contributed by atoms with Crippen molar-refractivity contribution in [2.75, 3.05) is 13.1 Å². The molecule has 6 nitrogen and oxygen atoms in total. The topological polar surface area (TPSA) is 58.3 Å². The molecule has 2 heterocycles. The number of hydrogen-bond donors (Lipinski definition) is 1. The number of aromatic nitrogens is 3. The minimum absolute atomic E-state index is 0. The quantitative estimate of drug-likeness (QED) is 0.403. The molecule has 0 atom stereocenters. The van der Waals surface area contributed by atoms with E-state index in [1.165, 1.54) is 11.1 Å². The molecule has 27 heavy (non-hydrogen) atoms. The van der Waals surface area contributed by atoms with Crippen molar-refractivity contribution < 1.29 is 0 Å². The van der Waals surface area contributed by atoms with Gasteiger partial charge in [-0.2, -0.15) is 5.10 Å². The fraction of sp³-hybridized carbons (Fsp3) is 0.550. The third kappa shape index (κ3) is 4.62. The Labute approximate surface area is 179 Å². The van der Waals surface area contributed by atoms with Gasteiger partial charge in [-0.05, 0) is 31.9 Å². The molecular formula is C20H31IN6. The summed E-state index contributed by atoms with van der Waals surface area (Å²) in [4.78, 5) is 11.3. The second-order valence-electron chi connectivity index (χ2n) is 8.11. The van der Waals surface area contributed by atoms with Crippen LogP contribution in [0.2, 0.25) is 0 Å². The molecule has 0 radical (unpaired) electrons. The van der Waals surface area contributed by atoms with Crippen molar-refractivity contribution in [1.82, 2.24) is 25.0 Å². The molecule has 0 bridgehead atoms. The van der Waals surface area contributed by atoms with Crippen LogP contribution >= 0.6 is 24.0 Å². The molecule has 0 saturated carbocycles. The predicted octanol–water partition coefficient (Wildman–Crippen LogP) is 3.53. The van der Waals surface area contributed by atoms with Gasteiger partial charge in [-0.1, -0.05) is 38.1 Å². The van der Waals surface area contributed by atoms with E-state index >= 15 is 0 Å². The Balaban J connectivity index is 0.00000261. The van der Waals surface area contributed by atoms with Crippen molar-refractivity contribution in [1.29, 1.82) is 0 Å². The lowest BCUT2D eigenvalue weighted by atomic mass is 9.65. The first kappa shape index (κ1) is 21.7. The summed E-state index contributed by atoms with van der Waals surface area (Å²) in [6.45, 7) is 14.6. The zero-order chi connectivity index (χ0) is 18.8. The van der Waals surface area contributed by atoms with Crippen LogP contribution in [0.5, 0.6) is 0 Å². The van der Waals surface area contributed by atoms with Crippen LogP contribution < -0.4 is 5.32 Å². The standard InChI is InChI=1S/C20H30N6.HI/c1-6-22-18(26-13-19(2,3)20(26,4)5)23-11-16-8-7-9-17(10-16)12-25-15-21-14-24-25;/h7-10,14-15H,6,11-13H2,1-5H3,(H,22,23);1H. The number of nitrogens with one attached hydrogen (secondary N) is 1. The average Bonchev–Trinajstić information content (AvgIpc) is 3.10. The molecule has 0 amide bonds. The lowest BCUT2D eigenvalue weighted by molar-refractivity contribution is -0.0667. The Morgan fingerprint density at radius 1 is 1.22 bits per heavy atom. The molecule has 2 aromatic rings. The third-order valence-electron chi connectivity index (χ3n) is 5.69. The summed E-state index contributed by atoms with van der Waals surface area (Å²) in [5, 5.41) is 7.63. The minimum Gasteiger partial charge on any atom is -0.356 e. The monoisotopic (exact) mass is 482 g/mol. The summed E-state index contributed by atoms with van der Waals surface area (Å²) in [6.07, 6.45) is 3.30. The maximum atomic E-state index is 4.90. The van der Waals surface area contributed by atoms with E-state index in [0.717, 1.165) is 25.6 Å². The van der Waals surface area contributed by atoms with Gasteiger partial charge in [-0.3, -0.25) is 0 Å². The number of halogens is 1. The second-order valence-corrected chi connectivity index (χ2v) is 8.11. The van der Waals surface area contributed by atoms with E-state index in [0.29, 0.717) is 12.0 Å². The van der Waals surface area contributed by atoms with Gasteiger partial charge in [0.1, 0.15) is 12.7 Å². The first-order valence-corrected chi connectivity index (χ1v) is 9.29. The summed E-state index contributed by atoms with van der Waals surface area (Å²) >= 11 is 0. The van der Waals surface area contributed by atoms with Crippen molar-refractivity contribution in [2.45, 2.75) is 53.2 Å². The minimum atomic E-state index is 0. The molecule has 1 aliphatic heterocycles. The lowest BCUT2D eigenvalue weighted by Gasteiger charge is -2.62. The summed E-state index contributed by atoms with van der Waals surface area (Å²) in [7, 11) is 0. The smallest absolute Gasteiger partial charge is 0.194 e. The largest absolute Gasteiger partial charge is 0.356 e. The van der Waals surface area contributed by atoms with E-state index in [1.807, 2.05) is 4.68 Å². The van der Waals surface area contributed by atoms with Crippen LogP contribution in [0, 0.1) is 5.41 Å². The highest BCUT2D eigenvalue weighted by Crippen LogP contribution is 2.46. The van der Waals surface area contributed by atoms with E-state index < -0.39 is 0 Å². The Morgan fingerprint density at radius 2 is 1.96 bits per heavy atom. The highest BCUT2D eigenvalue weighted by atomic mass is 127. The maximum absolute atomic E-state index is 4.90. The summed E-state index contributed by atoms with van der Waals surface area (Å²) < 4.78 is 1.83. The molecule has 1 saturated heterocycles. The van der Waals surface area contributed by atoms with Crippen LogP contribution in [-0.4, -0.2) is 44.3 Å². The van der Waals surface area contributed by atoms with E-state index in [-0.39, 0.29) is 29.5 Å². The molecule has 1 aromatic carbocycles. The number of benzene rings is 1. The van der Waals surface area contributed by atoms with E-state index in [1.54, 1.807) is 12.7 Å². The molecular weight excluding hydrogens is 451 g/mol. The normalized spacial score (nSPS) is 17.8. The van der Waals surface area contributed by atoms with Gasteiger partial charge >= 0.3 is 0 Å². The zero-order valence-corrected chi connectivity index (χ0v) is 19.3. The van der Waals surface area contributed by atoms with Crippen molar-refractivity contribution in [3.05, 3.63) is 48.0 Å². The molecule has 148 valence electrons. The molecule has 0 unspecified atom stereocenters. The Morgan fingerprint density at radius 3 is 2.56 bits per heavy atom. The van der Waals surface area contributed by atoms with E-state index in [9.17, 15) is 0 Å². The van der Waals surface area contributed by atoms with Crippen LogP contribution in [0.4, 0.5) is 0 Å². The number of hydrogen-bond acceptors (Lipinski definition) is 3. The molecule has 1 aliphatic rings. The van der Waals surface area contributed by atoms with Gasteiger partial charge in [0.15, 0.2) is 5.96 Å². The molecule has 0 aliphatic carbocycles. The van der Waals surface area contributed by atoms with Gasteiger partial charge < -0.3 is 10.2 Å². The van der Waals surface area contributed by atoms with Crippen LogP contribution in [0.15, 0.2) is 41.9 Å². The third-order valence-corrected chi connectivity index (χ3v) is 5.69. The molecule has 3 rings (SSSR count). The van der Waals surface area contributed by atoms with Crippen molar-refractivity contribution >= 4 is 29.9 Å². The van der Waals surface area contributed by atoms with Crippen molar-refractivity contribution in [2.24, 2.45) is 10.4 Å². The summed E-state index contributed by atoms with van der Waals surface area (Å²) in [6, 6.07) is 8.52. The van der Waals surface area contributed by atoms with Gasteiger partial charge in [0.2, 0.25) is 0 Å². The van der Waals surface area contributed by atoms with Crippen molar-refractivity contribution in [3.63, 3.8) is 0 Å². The second kappa shape index (κ2) is 8.58. The van der Waals surface area contributed by atoms with Gasteiger partial charge in [0.25, 0.3) is 0 Å². The fourth-order valence-corrected chi connectivity index (χ4v) is 3.29. The molecule has 1 fully saturated rings. The SMILES string of the molecule is CCNC(=NCc1cccc(Cn2cncn2)c1)N1CC(C)(C)C1(C)C.I. The zero-order valence-electron chi connectivity index (χ0n) is 16.9. The number of nitrogens with zero attached hydrogens (tertiary/aromatic N) is 5. The van der Waals surface area contributed by atoms with Crippen LogP contribution in [0.1, 0.15) is 45.7 Å². The average molecular weight is 482 g/mol. The Kier molecular flexibility index (Phi) is 6.88. The molecule has 0 spiro atoms. The molecule has 1 aromatic heterocycles. The van der Waals surface area contributed by atoms with E-state index in [4.69, 9.17) is 4.99 Å². The molecule has 7 heteroatoms. The highest BCUT2D eigenvalue weighted by Gasteiger charge is 2.53. The summed E-state index contributed by atoms with van der Waals surface area (Å²) in [5.41, 5.74) is 2.80. The van der Waals surface area contributed by atoms with Gasteiger partial charge in [-0.25, -0.2) is 14.7 Å². The maximum Gasteiger partial charge on any atom is 0.194 e. The summed E-state index contributed by atoms with van der Waals surface area (Å²) in [5.74, 6) is 0.999. The van der Waals surface area contributed by atoms with Crippen molar-refractivity contribution in [3.8, 4) is 0 Å². The van der Waals surface area contributed by atoms with Gasteiger partial charge in [0.05, 0.1) is 13.1 Å². The highest BCUT2D eigenvalue weighted by molar-refractivity contribution is 14.0. The molecule has 1 N–H and O–H groups in total. The first-order valence-electron chi connectivity index (χ1n) is 9.29. The lowest BCUT2D eigenvalue weighted by Crippen LogP contribution is -2.72. The van der Waals surface area contributed by atoms with Gasteiger partial charge in [0, 0.05) is 24.0 Å². The van der Waals surface area contributed by atoms with Gasteiger partial charge in [-0.15, -0.1) is 24.0 Å². The number of rotatable bonds is 5.